The molecule has 0 fully saturated rings. The topological polar surface area (TPSA) is 55.4 Å². The van der Waals surface area contributed by atoms with Crippen molar-refractivity contribution in [1.82, 2.24) is 0 Å². The van der Waals surface area contributed by atoms with E-state index >= 15 is 0 Å². The SMILES string of the molecule is CC(=O)Nc1ccc(OC(=O)c2ccc(F)cc2Br)cc1. The lowest BCUT2D eigenvalue weighted by molar-refractivity contribution is -0.114. The number of esters is 1. The number of hydrogen-bond acceptors (Lipinski definition) is 3. The number of amides is 1. The van der Waals surface area contributed by atoms with Crippen molar-refractivity contribution in [3.63, 3.8) is 0 Å². The Labute approximate surface area is 129 Å². The summed E-state index contributed by atoms with van der Waals surface area (Å²) in [5.74, 6) is -0.910. The molecule has 0 bridgehead atoms. The molecule has 0 spiro atoms. The van der Waals surface area contributed by atoms with E-state index in [-0.39, 0.29) is 11.5 Å². The minimum Gasteiger partial charge on any atom is -0.423 e. The molecule has 0 aliphatic carbocycles. The van der Waals surface area contributed by atoms with Crippen LogP contribution >= 0.6 is 15.9 Å². The summed E-state index contributed by atoms with van der Waals surface area (Å²) >= 11 is 3.11. The zero-order chi connectivity index (χ0) is 15.4. The normalized spacial score (nSPS) is 10.0. The minimum absolute atomic E-state index is 0.185. The Balaban J connectivity index is 2.10. The third-order valence-corrected chi connectivity index (χ3v) is 3.19. The van der Waals surface area contributed by atoms with E-state index < -0.39 is 11.8 Å². The van der Waals surface area contributed by atoms with Crippen LogP contribution in [-0.4, -0.2) is 11.9 Å². The second-order valence-corrected chi connectivity index (χ2v) is 5.07. The van der Waals surface area contributed by atoms with Crippen molar-refractivity contribution in [2.75, 3.05) is 5.32 Å². The van der Waals surface area contributed by atoms with Gasteiger partial charge in [0.25, 0.3) is 0 Å². The Morgan fingerprint density at radius 2 is 1.81 bits per heavy atom. The Hall–Kier alpha value is -2.21. The van der Waals surface area contributed by atoms with Crippen LogP contribution in [0.3, 0.4) is 0 Å². The fourth-order valence-electron chi connectivity index (χ4n) is 1.63. The van der Waals surface area contributed by atoms with Crippen LogP contribution in [0.2, 0.25) is 0 Å². The van der Waals surface area contributed by atoms with E-state index in [1.807, 2.05) is 0 Å². The van der Waals surface area contributed by atoms with Gasteiger partial charge in [0.05, 0.1) is 5.56 Å². The summed E-state index contributed by atoms with van der Waals surface area (Å²) in [6, 6.07) is 10.1. The molecule has 0 heterocycles. The van der Waals surface area contributed by atoms with Crippen LogP contribution < -0.4 is 10.1 Å². The minimum atomic E-state index is -0.603. The Bertz CT molecular complexity index is 686. The van der Waals surface area contributed by atoms with Gasteiger partial charge in [-0.3, -0.25) is 4.79 Å². The maximum Gasteiger partial charge on any atom is 0.344 e. The average molecular weight is 352 g/mol. The van der Waals surface area contributed by atoms with Gasteiger partial charge in [-0.05, 0) is 58.4 Å². The van der Waals surface area contributed by atoms with Crippen molar-refractivity contribution in [1.29, 1.82) is 0 Å². The highest BCUT2D eigenvalue weighted by Crippen LogP contribution is 2.21. The van der Waals surface area contributed by atoms with Gasteiger partial charge >= 0.3 is 5.97 Å². The standard InChI is InChI=1S/C15H11BrFNO3/c1-9(19)18-11-3-5-12(6-4-11)21-15(20)13-7-2-10(17)8-14(13)16/h2-8H,1H3,(H,18,19). The van der Waals surface area contributed by atoms with Gasteiger partial charge in [0.2, 0.25) is 5.91 Å². The Morgan fingerprint density at radius 3 is 2.38 bits per heavy atom. The van der Waals surface area contributed by atoms with Crippen molar-refractivity contribution >= 4 is 33.5 Å². The maximum absolute atomic E-state index is 13.0. The van der Waals surface area contributed by atoms with Gasteiger partial charge in [-0.2, -0.15) is 0 Å². The predicted molar refractivity (Wildman–Crippen MR) is 79.8 cm³/mol. The van der Waals surface area contributed by atoms with Crippen LogP contribution in [0.5, 0.6) is 5.75 Å². The number of carbonyl (C=O) groups excluding carboxylic acids is 2. The first kappa shape index (κ1) is 15.2. The summed E-state index contributed by atoms with van der Waals surface area (Å²) < 4.78 is 18.5. The van der Waals surface area contributed by atoms with Gasteiger partial charge in [0.1, 0.15) is 11.6 Å². The molecule has 0 saturated heterocycles. The smallest absolute Gasteiger partial charge is 0.344 e. The van der Waals surface area contributed by atoms with Crippen molar-refractivity contribution in [2.45, 2.75) is 6.92 Å². The van der Waals surface area contributed by atoms with Crippen LogP contribution in [0, 0.1) is 5.82 Å². The monoisotopic (exact) mass is 351 g/mol. The number of anilines is 1. The molecule has 108 valence electrons. The number of nitrogens with one attached hydrogen (secondary N) is 1. The van der Waals surface area contributed by atoms with Crippen LogP contribution in [-0.2, 0) is 4.79 Å². The lowest BCUT2D eigenvalue weighted by Gasteiger charge is -2.07. The molecule has 2 aromatic carbocycles. The molecule has 0 radical (unpaired) electrons. The first-order chi connectivity index (χ1) is 9.95. The van der Waals surface area contributed by atoms with Crippen LogP contribution in [0.15, 0.2) is 46.9 Å². The average Bonchev–Trinajstić information content (AvgIpc) is 2.40. The fraction of sp³-hybridized carbons (Fsp3) is 0.0667. The first-order valence-electron chi connectivity index (χ1n) is 6.00. The quantitative estimate of drug-likeness (QED) is 0.676. The zero-order valence-electron chi connectivity index (χ0n) is 11.0. The molecule has 6 heteroatoms. The second kappa shape index (κ2) is 6.49. The van der Waals surface area contributed by atoms with E-state index in [9.17, 15) is 14.0 Å². The van der Waals surface area contributed by atoms with E-state index in [4.69, 9.17) is 4.74 Å². The lowest BCUT2D eigenvalue weighted by Crippen LogP contribution is -2.10. The van der Waals surface area contributed by atoms with E-state index in [0.717, 1.165) is 0 Å². The van der Waals surface area contributed by atoms with Gasteiger partial charge in [-0.1, -0.05) is 0 Å². The molecule has 0 aromatic heterocycles. The zero-order valence-corrected chi connectivity index (χ0v) is 12.6. The summed E-state index contributed by atoms with van der Waals surface area (Å²) in [4.78, 5) is 22.9. The summed E-state index contributed by atoms with van der Waals surface area (Å²) in [6.07, 6.45) is 0. The second-order valence-electron chi connectivity index (χ2n) is 4.22. The molecular formula is C15H11BrFNO3. The van der Waals surface area contributed by atoms with E-state index in [1.165, 1.54) is 25.1 Å². The first-order valence-corrected chi connectivity index (χ1v) is 6.80. The molecular weight excluding hydrogens is 341 g/mol. The summed E-state index contributed by atoms with van der Waals surface area (Å²) in [6.45, 7) is 1.40. The van der Waals surface area contributed by atoms with Gasteiger partial charge in [-0.15, -0.1) is 0 Å². The Kier molecular flexibility index (Phi) is 4.70. The molecule has 1 N–H and O–H groups in total. The van der Waals surface area contributed by atoms with Gasteiger partial charge in [-0.25, -0.2) is 9.18 Å². The maximum atomic E-state index is 13.0. The molecule has 0 aliphatic rings. The number of rotatable bonds is 3. The third-order valence-electron chi connectivity index (χ3n) is 2.54. The van der Waals surface area contributed by atoms with Gasteiger partial charge < -0.3 is 10.1 Å². The number of benzene rings is 2. The van der Waals surface area contributed by atoms with E-state index in [2.05, 4.69) is 21.2 Å². The number of carbonyl (C=O) groups is 2. The molecule has 0 unspecified atom stereocenters. The molecule has 2 rings (SSSR count). The molecule has 21 heavy (non-hydrogen) atoms. The number of ether oxygens (including phenoxy) is 1. The molecule has 4 nitrogen and oxygen atoms in total. The molecule has 0 aliphatic heterocycles. The fourth-order valence-corrected chi connectivity index (χ4v) is 2.14. The van der Waals surface area contributed by atoms with Crippen LogP contribution in [0.25, 0.3) is 0 Å². The highest BCUT2D eigenvalue weighted by atomic mass is 79.9. The summed E-state index contributed by atoms with van der Waals surface area (Å²) in [5.41, 5.74) is 0.826. The predicted octanol–water partition coefficient (Wildman–Crippen LogP) is 3.77. The molecule has 1 amide bonds. The van der Waals surface area contributed by atoms with Crippen molar-refractivity contribution < 1.29 is 18.7 Å². The third kappa shape index (κ3) is 4.13. The number of halogens is 2. The van der Waals surface area contributed by atoms with Crippen LogP contribution in [0.4, 0.5) is 10.1 Å². The molecule has 2 aromatic rings. The van der Waals surface area contributed by atoms with Crippen LogP contribution in [0.1, 0.15) is 17.3 Å². The Morgan fingerprint density at radius 1 is 1.14 bits per heavy atom. The van der Waals surface area contributed by atoms with E-state index in [1.54, 1.807) is 24.3 Å². The van der Waals surface area contributed by atoms with Crippen molar-refractivity contribution in [3.05, 3.63) is 58.3 Å². The lowest BCUT2D eigenvalue weighted by atomic mass is 10.2. The summed E-state index contributed by atoms with van der Waals surface area (Å²) in [7, 11) is 0. The van der Waals surface area contributed by atoms with Crippen molar-refractivity contribution in [3.8, 4) is 5.75 Å². The molecule has 0 atom stereocenters. The van der Waals surface area contributed by atoms with E-state index in [0.29, 0.717) is 15.9 Å². The highest BCUT2D eigenvalue weighted by molar-refractivity contribution is 9.10. The highest BCUT2D eigenvalue weighted by Gasteiger charge is 2.13. The largest absolute Gasteiger partial charge is 0.423 e. The van der Waals surface area contributed by atoms with Crippen molar-refractivity contribution in [2.24, 2.45) is 0 Å². The van der Waals surface area contributed by atoms with Gasteiger partial charge in [0.15, 0.2) is 0 Å². The van der Waals surface area contributed by atoms with Gasteiger partial charge in [0, 0.05) is 17.1 Å². The molecule has 0 saturated carbocycles. The number of hydrogen-bond donors (Lipinski definition) is 1. The summed E-state index contributed by atoms with van der Waals surface area (Å²) in [5, 5.41) is 2.60.